The summed E-state index contributed by atoms with van der Waals surface area (Å²) in [4.78, 5) is 21.8. The molecule has 142 valence electrons. The Morgan fingerprint density at radius 2 is 1.25 bits per heavy atom. The molecular formula is C16H32N2O6. The normalized spacial score (nSPS) is 11.2. The Kier molecular flexibility index (Phi) is 13.0. The Labute approximate surface area is 143 Å². The van der Waals surface area contributed by atoms with Gasteiger partial charge in [0.1, 0.15) is 5.60 Å². The molecule has 0 radical (unpaired) electrons. The van der Waals surface area contributed by atoms with Gasteiger partial charge >= 0.3 is 12.2 Å². The molecule has 0 aromatic heterocycles. The first-order chi connectivity index (χ1) is 11.5. The molecule has 0 bridgehead atoms. The van der Waals surface area contributed by atoms with Crippen molar-refractivity contribution in [1.82, 2.24) is 0 Å². The van der Waals surface area contributed by atoms with E-state index in [0.29, 0.717) is 38.5 Å². The van der Waals surface area contributed by atoms with Crippen molar-refractivity contribution < 1.29 is 29.3 Å². The lowest BCUT2D eigenvalue weighted by atomic mass is 9.85. The average Bonchev–Trinajstić information content (AvgIpc) is 2.50. The predicted molar refractivity (Wildman–Crippen MR) is 89.3 cm³/mol. The van der Waals surface area contributed by atoms with Crippen LogP contribution >= 0.6 is 0 Å². The van der Waals surface area contributed by atoms with Crippen LogP contribution in [0.5, 0.6) is 0 Å². The van der Waals surface area contributed by atoms with Crippen LogP contribution in [-0.4, -0.2) is 47.8 Å². The topological polar surface area (TPSA) is 145 Å². The lowest BCUT2D eigenvalue weighted by molar-refractivity contribution is -0.0109. The van der Waals surface area contributed by atoms with Crippen LogP contribution in [0.25, 0.3) is 0 Å². The van der Waals surface area contributed by atoms with Gasteiger partial charge in [-0.15, -0.1) is 0 Å². The Morgan fingerprint density at radius 3 is 1.67 bits per heavy atom. The number of nitrogens with two attached hydrogens (primary N) is 2. The first-order valence-corrected chi connectivity index (χ1v) is 8.58. The van der Waals surface area contributed by atoms with Gasteiger partial charge in [-0.3, -0.25) is 0 Å². The SMILES string of the molecule is NC(=O)OCCCCCC(CCCCO)(CCCCO)OC(N)=O. The average molecular weight is 348 g/mol. The molecule has 2 amide bonds. The van der Waals surface area contributed by atoms with E-state index in [1.807, 2.05) is 0 Å². The van der Waals surface area contributed by atoms with E-state index in [0.717, 1.165) is 25.7 Å². The third-order valence-corrected chi connectivity index (χ3v) is 3.92. The summed E-state index contributed by atoms with van der Waals surface area (Å²) < 4.78 is 10.1. The molecule has 0 fully saturated rings. The van der Waals surface area contributed by atoms with Crippen LogP contribution < -0.4 is 11.5 Å². The minimum atomic E-state index is -0.806. The van der Waals surface area contributed by atoms with Gasteiger partial charge in [0.25, 0.3) is 0 Å². The van der Waals surface area contributed by atoms with E-state index < -0.39 is 17.8 Å². The molecule has 8 heteroatoms. The molecule has 0 aliphatic carbocycles. The molecule has 0 atom stereocenters. The minimum Gasteiger partial charge on any atom is -0.450 e. The van der Waals surface area contributed by atoms with Crippen molar-refractivity contribution in [3.63, 3.8) is 0 Å². The van der Waals surface area contributed by atoms with Crippen molar-refractivity contribution in [2.45, 2.75) is 69.8 Å². The third-order valence-electron chi connectivity index (χ3n) is 3.92. The van der Waals surface area contributed by atoms with E-state index in [2.05, 4.69) is 4.74 Å². The molecule has 24 heavy (non-hydrogen) atoms. The zero-order valence-corrected chi connectivity index (χ0v) is 14.4. The number of amides is 2. The van der Waals surface area contributed by atoms with Gasteiger partial charge in [-0.25, -0.2) is 9.59 Å². The molecule has 0 aromatic carbocycles. The van der Waals surface area contributed by atoms with Crippen molar-refractivity contribution in [2.75, 3.05) is 19.8 Å². The molecule has 0 saturated heterocycles. The van der Waals surface area contributed by atoms with Crippen LogP contribution in [0.1, 0.15) is 64.2 Å². The number of aliphatic hydroxyl groups excluding tert-OH is 2. The molecule has 0 aliphatic heterocycles. The summed E-state index contributed by atoms with van der Waals surface area (Å²) in [5, 5.41) is 17.9. The first kappa shape index (κ1) is 22.5. The number of unbranched alkanes of at least 4 members (excludes halogenated alkanes) is 4. The number of carbonyl (C=O) groups is 2. The smallest absolute Gasteiger partial charge is 0.405 e. The summed E-state index contributed by atoms with van der Waals surface area (Å²) in [6.45, 7) is 0.454. The van der Waals surface area contributed by atoms with Gasteiger partial charge in [0.05, 0.1) is 6.61 Å². The zero-order chi connectivity index (χ0) is 18.3. The number of carbonyl (C=O) groups excluding carboxylic acids is 2. The highest BCUT2D eigenvalue weighted by Gasteiger charge is 2.32. The van der Waals surface area contributed by atoms with Crippen molar-refractivity contribution >= 4 is 12.2 Å². The maximum absolute atomic E-state index is 11.3. The van der Waals surface area contributed by atoms with Gasteiger partial charge in [0, 0.05) is 13.2 Å². The van der Waals surface area contributed by atoms with Crippen molar-refractivity contribution in [3.05, 3.63) is 0 Å². The molecule has 0 spiro atoms. The number of hydrogen-bond acceptors (Lipinski definition) is 6. The van der Waals surface area contributed by atoms with Crippen molar-refractivity contribution in [3.8, 4) is 0 Å². The van der Waals surface area contributed by atoms with Crippen molar-refractivity contribution in [2.24, 2.45) is 11.5 Å². The van der Waals surface area contributed by atoms with Crippen LogP contribution in [0.4, 0.5) is 9.59 Å². The molecule has 0 rings (SSSR count). The van der Waals surface area contributed by atoms with Crippen LogP contribution in [0, 0.1) is 0 Å². The van der Waals surface area contributed by atoms with E-state index in [9.17, 15) is 9.59 Å². The zero-order valence-electron chi connectivity index (χ0n) is 14.4. The van der Waals surface area contributed by atoms with Gasteiger partial charge in [0.2, 0.25) is 0 Å². The fraction of sp³-hybridized carbons (Fsp3) is 0.875. The molecule has 0 unspecified atom stereocenters. The minimum absolute atomic E-state index is 0.0910. The van der Waals surface area contributed by atoms with Gasteiger partial charge in [0.15, 0.2) is 0 Å². The highest BCUT2D eigenvalue weighted by Crippen LogP contribution is 2.32. The van der Waals surface area contributed by atoms with Gasteiger partial charge in [-0.05, 0) is 64.2 Å². The number of primary amides is 2. The molecule has 0 aliphatic rings. The van der Waals surface area contributed by atoms with E-state index in [4.69, 9.17) is 26.4 Å². The number of rotatable bonds is 15. The summed E-state index contributed by atoms with van der Waals surface area (Å²) in [5.41, 5.74) is 9.47. The summed E-state index contributed by atoms with van der Waals surface area (Å²) in [6.07, 6.45) is 5.30. The van der Waals surface area contributed by atoms with E-state index in [1.165, 1.54) is 0 Å². The highest BCUT2D eigenvalue weighted by atomic mass is 16.6. The second-order valence-electron chi connectivity index (χ2n) is 5.94. The highest BCUT2D eigenvalue weighted by molar-refractivity contribution is 5.65. The third kappa shape index (κ3) is 12.0. The summed E-state index contributed by atoms with van der Waals surface area (Å²) >= 11 is 0. The summed E-state index contributed by atoms with van der Waals surface area (Å²) in [7, 11) is 0. The Balaban J connectivity index is 4.52. The van der Waals surface area contributed by atoms with E-state index in [1.54, 1.807) is 0 Å². The van der Waals surface area contributed by atoms with Gasteiger partial charge in [-0.1, -0.05) is 0 Å². The van der Waals surface area contributed by atoms with Crippen LogP contribution in [0.15, 0.2) is 0 Å². The predicted octanol–water partition coefficient (Wildman–Crippen LogP) is 1.80. The lowest BCUT2D eigenvalue weighted by Crippen LogP contribution is -2.37. The molecular weight excluding hydrogens is 316 g/mol. The number of aliphatic hydroxyl groups is 2. The molecule has 0 heterocycles. The Bertz CT molecular complexity index is 341. The lowest BCUT2D eigenvalue weighted by Gasteiger charge is -2.33. The quantitative estimate of drug-likeness (QED) is 0.332. The Hall–Kier alpha value is -1.54. The Morgan fingerprint density at radius 1 is 0.750 bits per heavy atom. The number of ether oxygens (including phenoxy) is 2. The van der Waals surface area contributed by atoms with E-state index in [-0.39, 0.29) is 19.8 Å². The second kappa shape index (κ2) is 13.9. The van der Waals surface area contributed by atoms with Crippen LogP contribution in [0.3, 0.4) is 0 Å². The summed E-state index contributed by atoms with van der Waals surface area (Å²) in [5.74, 6) is 0. The maximum atomic E-state index is 11.3. The molecule has 6 N–H and O–H groups in total. The molecule has 0 saturated carbocycles. The summed E-state index contributed by atoms with van der Waals surface area (Å²) in [6, 6.07) is 0. The molecule has 0 aromatic rings. The largest absolute Gasteiger partial charge is 0.450 e. The van der Waals surface area contributed by atoms with Crippen molar-refractivity contribution in [1.29, 1.82) is 0 Å². The molecule has 8 nitrogen and oxygen atoms in total. The number of hydrogen-bond donors (Lipinski definition) is 4. The standard InChI is InChI=1S/C16H32N2O6/c17-14(21)23-13-7-1-2-8-16(24-15(18)22,9-3-5-11-19)10-4-6-12-20/h19-20H,1-13H2,(H2,17,21)(H2,18,22). The van der Waals surface area contributed by atoms with Crippen LogP contribution in [-0.2, 0) is 9.47 Å². The monoisotopic (exact) mass is 348 g/mol. The first-order valence-electron chi connectivity index (χ1n) is 8.58. The fourth-order valence-corrected chi connectivity index (χ4v) is 2.76. The second-order valence-corrected chi connectivity index (χ2v) is 5.94. The van der Waals surface area contributed by atoms with Gasteiger partial charge in [-0.2, -0.15) is 0 Å². The van der Waals surface area contributed by atoms with Gasteiger partial charge < -0.3 is 31.2 Å². The van der Waals surface area contributed by atoms with E-state index >= 15 is 0 Å². The van der Waals surface area contributed by atoms with Crippen LogP contribution in [0.2, 0.25) is 0 Å². The fourth-order valence-electron chi connectivity index (χ4n) is 2.76. The maximum Gasteiger partial charge on any atom is 0.405 e.